The van der Waals surface area contributed by atoms with Crippen LogP contribution in [0.3, 0.4) is 0 Å². The van der Waals surface area contributed by atoms with E-state index in [0.29, 0.717) is 24.4 Å². The Morgan fingerprint density at radius 2 is 1.42 bits per heavy atom. The van der Waals surface area contributed by atoms with E-state index in [1.54, 1.807) is 0 Å². The van der Waals surface area contributed by atoms with Crippen LogP contribution in [0.25, 0.3) is 11.1 Å². The fraction of sp³-hybridized carbons (Fsp3) is 0.213. The van der Waals surface area contributed by atoms with Crippen LogP contribution in [-0.4, -0.2) is 35.7 Å². The number of aliphatic hydroxyl groups excluding tert-OH is 1. The summed E-state index contributed by atoms with van der Waals surface area (Å²) in [5, 5.41) is 15.5. The molecule has 55 heavy (non-hydrogen) atoms. The molecule has 6 aromatic carbocycles. The Labute approximate surface area is 323 Å². The first kappa shape index (κ1) is 37.5. The second kappa shape index (κ2) is 18.0. The number of hydrogen-bond acceptors (Lipinski definition) is 6. The summed E-state index contributed by atoms with van der Waals surface area (Å²) in [6.45, 7) is 3.31. The zero-order valence-electron chi connectivity index (χ0n) is 31.2. The fourth-order valence-electron chi connectivity index (χ4n) is 6.81. The maximum Gasteiger partial charge on any atom is 0.319 e. The summed E-state index contributed by atoms with van der Waals surface area (Å²) in [6, 6.07) is 51.7. The number of likely N-dealkylation sites (N-methyl/N-ethyl adjacent to an activating group) is 1. The molecule has 4 atom stereocenters. The number of nitrogens with zero attached hydrogens (tertiary/aromatic N) is 1. The average molecular weight is 734 g/mol. The first-order chi connectivity index (χ1) is 26.9. The molecule has 0 aliphatic carbocycles. The number of para-hydroxylation sites is 1. The number of aliphatic hydroxyl groups is 1. The van der Waals surface area contributed by atoms with E-state index in [0.717, 1.165) is 45.7 Å². The Morgan fingerprint density at radius 3 is 2.15 bits per heavy atom. The lowest BCUT2D eigenvalue weighted by atomic mass is 9.98. The van der Waals surface area contributed by atoms with E-state index in [4.69, 9.17) is 14.2 Å². The highest BCUT2D eigenvalue weighted by Crippen LogP contribution is 2.39. The van der Waals surface area contributed by atoms with Gasteiger partial charge in [0.1, 0.15) is 11.5 Å². The van der Waals surface area contributed by atoms with E-state index in [-0.39, 0.29) is 30.9 Å². The maximum absolute atomic E-state index is 12.8. The predicted octanol–water partition coefficient (Wildman–Crippen LogP) is 10.2. The molecule has 3 N–H and O–H groups in total. The lowest BCUT2D eigenvalue weighted by molar-refractivity contribution is -0.253. The van der Waals surface area contributed by atoms with Crippen molar-refractivity contribution in [2.24, 2.45) is 0 Å². The van der Waals surface area contributed by atoms with E-state index in [1.807, 2.05) is 103 Å². The third-order valence-corrected chi connectivity index (χ3v) is 10.0. The molecule has 8 nitrogen and oxygen atoms in total. The molecule has 1 saturated heterocycles. The molecule has 280 valence electrons. The van der Waals surface area contributed by atoms with Crippen molar-refractivity contribution in [3.63, 3.8) is 0 Å². The van der Waals surface area contributed by atoms with Gasteiger partial charge in [-0.1, -0.05) is 109 Å². The van der Waals surface area contributed by atoms with Crippen LogP contribution < -0.4 is 15.4 Å². The number of ether oxygens (including phenoxy) is 3. The number of carbonyl (C=O) groups is 1. The number of amides is 2. The molecule has 2 amide bonds. The van der Waals surface area contributed by atoms with Crippen molar-refractivity contribution < 1.29 is 24.1 Å². The number of hydrogen-bond donors (Lipinski definition) is 3. The van der Waals surface area contributed by atoms with Gasteiger partial charge in [0.15, 0.2) is 6.29 Å². The summed E-state index contributed by atoms with van der Waals surface area (Å²) in [4.78, 5) is 15.1. The summed E-state index contributed by atoms with van der Waals surface area (Å²) in [5.74, 6) is 1.44. The number of carbonyl (C=O) groups excluding carboxylic acids is 1. The van der Waals surface area contributed by atoms with Crippen molar-refractivity contribution in [2.75, 3.05) is 18.9 Å². The number of urea groups is 1. The molecule has 1 aliphatic rings. The Kier molecular flexibility index (Phi) is 12.3. The van der Waals surface area contributed by atoms with Gasteiger partial charge in [-0.2, -0.15) is 0 Å². The van der Waals surface area contributed by atoms with Gasteiger partial charge < -0.3 is 30.0 Å². The van der Waals surface area contributed by atoms with Crippen molar-refractivity contribution in [2.45, 2.75) is 51.0 Å². The maximum atomic E-state index is 12.8. The third kappa shape index (κ3) is 10.1. The Hall–Kier alpha value is -5.77. The van der Waals surface area contributed by atoms with Gasteiger partial charge in [0, 0.05) is 36.8 Å². The molecule has 7 rings (SSSR count). The van der Waals surface area contributed by atoms with Crippen LogP contribution in [0.4, 0.5) is 10.5 Å². The van der Waals surface area contributed by atoms with Crippen molar-refractivity contribution in [1.82, 2.24) is 10.2 Å². The van der Waals surface area contributed by atoms with Crippen molar-refractivity contribution in [1.29, 1.82) is 0 Å². The quantitative estimate of drug-likeness (QED) is 0.109. The molecule has 8 heteroatoms. The molecule has 0 aromatic heterocycles. The van der Waals surface area contributed by atoms with Crippen molar-refractivity contribution in [3.8, 4) is 22.6 Å². The minimum Gasteiger partial charge on any atom is -0.457 e. The summed E-state index contributed by atoms with van der Waals surface area (Å²) < 4.78 is 19.3. The van der Waals surface area contributed by atoms with Gasteiger partial charge in [0.25, 0.3) is 0 Å². The van der Waals surface area contributed by atoms with Crippen LogP contribution in [0.15, 0.2) is 158 Å². The SMILES string of the molecule is C[C@@H](c1ccccc1)N(C)C[C@H]1C[C@@H](c2ccc(CO)cc2)O[C@@H](c2cccc(-c3cccc(CNC(=O)Nc4ccc(Oc5ccccc5)cc4)c3)c2)O1. The van der Waals surface area contributed by atoms with E-state index in [1.165, 1.54) is 5.56 Å². The topological polar surface area (TPSA) is 92.3 Å². The van der Waals surface area contributed by atoms with Crippen LogP contribution >= 0.6 is 0 Å². The summed E-state index contributed by atoms with van der Waals surface area (Å²) in [5.41, 5.74) is 7.80. The minimum atomic E-state index is -0.575. The first-order valence-corrected chi connectivity index (χ1v) is 18.7. The zero-order chi connectivity index (χ0) is 38.0. The highest BCUT2D eigenvalue weighted by molar-refractivity contribution is 5.89. The third-order valence-electron chi connectivity index (χ3n) is 10.0. The van der Waals surface area contributed by atoms with Gasteiger partial charge in [0.2, 0.25) is 0 Å². The lowest BCUT2D eigenvalue weighted by Gasteiger charge is -2.39. The Balaban J connectivity index is 1.01. The number of nitrogens with one attached hydrogen (secondary N) is 2. The van der Waals surface area contributed by atoms with Crippen molar-refractivity contribution in [3.05, 3.63) is 186 Å². The second-order valence-electron chi connectivity index (χ2n) is 13.9. The summed E-state index contributed by atoms with van der Waals surface area (Å²) in [6.07, 6.45) is -0.130. The molecule has 1 aliphatic heterocycles. The fourth-order valence-corrected chi connectivity index (χ4v) is 6.81. The second-order valence-corrected chi connectivity index (χ2v) is 13.9. The molecular weight excluding hydrogens is 687 g/mol. The number of rotatable bonds is 13. The largest absolute Gasteiger partial charge is 0.457 e. The summed E-state index contributed by atoms with van der Waals surface area (Å²) >= 11 is 0. The Bertz CT molecular complexity index is 2130. The monoisotopic (exact) mass is 733 g/mol. The number of anilines is 1. The molecule has 0 saturated carbocycles. The van der Waals surface area contributed by atoms with E-state index >= 15 is 0 Å². The standard InChI is InChI=1S/C47H47N3O5/c1-33(36-12-5-3-6-13-36)50(2)31-44-29-45(37-21-19-34(32-51)20-22-37)55-46(54-44)40-16-10-15-39(28-40)38-14-9-11-35(27-38)30-48-47(52)49-41-23-25-43(26-24-41)53-42-17-7-4-8-18-42/h3-28,33,44-46,51H,29-32H2,1-2H3,(H2,48,49,52)/t33-,44+,45-,46-/m0/s1. The van der Waals surface area contributed by atoms with Crippen molar-refractivity contribution >= 4 is 11.7 Å². The summed E-state index contributed by atoms with van der Waals surface area (Å²) in [7, 11) is 2.14. The van der Waals surface area contributed by atoms with Gasteiger partial charge in [-0.3, -0.25) is 4.90 Å². The first-order valence-electron chi connectivity index (χ1n) is 18.7. The van der Waals surface area contributed by atoms with Gasteiger partial charge in [-0.25, -0.2) is 4.79 Å². The van der Waals surface area contributed by atoms with Gasteiger partial charge >= 0.3 is 6.03 Å². The van der Waals surface area contributed by atoms with Gasteiger partial charge in [-0.05, 0) is 95.9 Å². The molecular formula is C47H47N3O5. The van der Waals surface area contributed by atoms with Crippen LogP contribution in [-0.2, 0) is 22.6 Å². The molecule has 0 bridgehead atoms. The van der Waals surface area contributed by atoms with Gasteiger partial charge in [0.05, 0.1) is 18.8 Å². The van der Waals surface area contributed by atoms with E-state index < -0.39 is 6.29 Å². The number of benzene rings is 6. The minimum absolute atomic E-state index is 0.0000688. The molecule has 0 spiro atoms. The van der Waals surface area contributed by atoms with Crippen LogP contribution in [0.2, 0.25) is 0 Å². The van der Waals surface area contributed by atoms with Crippen LogP contribution in [0.1, 0.15) is 59.6 Å². The molecule has 1 heterocycles. The lowest BCUT2D eigenvalue weighted by Crippen LogP contribution is -2.38. The van der Waals surface area contributed by atoms with E-state index in [9.17, 15) is 9.90 Å². The molecule has 6 aromatic rings. The molecule has 1 fully saturated rings. The van der Waals surface area contributed by atoms with Crippen LogP contribution in [0.5, 0.6) is 11.5 Å². The van der Waals surface area contributed by atoms with Crippen LogP contribution in [0, 0.1) is 0 Å². The van der Waals surface area contributed by atoms with Gasteiger partial charge in [-0.15, -0.1) is 0 Å². The zero-order valence-corrected chi connectivity index (χ0v) is 31.2. The molecule has 0 radical (unpaired) electrons. The normalized spacial score (nSPS) is 17.3. The smallest absolute Gasteiger partial charge is 0.319 e. The highest BCUT2D eigenvalue weighted by atomic mass is 16.7. The Morgan fingerprint density at radius 1 is 0.745 bits per heavy atom. The predicted molar refractivity (Wildman–Crippen MR) is 217 cm³/mol. The average Bonchev–Trinajstić information content (AvgIpc) is 3.24. The molecule has 0 unspecified atom stereocenters. The van der Waals surface area contributed by atoms with E-state index in [2.05, 4.69) is 84.1 Å². The highest BCUT2D eigenvalue weighted by Gasteiger charge is 2.33.